The molecule has 0 aliphatic heterocycles. The van der Waals surface area contributed by atoms with Crippen molar-refractivity contribution in [3.05, 3.63) is 52.0 Å². The van der Waals surface area contributed by atoms with Gasteiger partial charge in [0, 0.05) is 17.1 Å². The molecule has 1 aliphatic carbocycles. The Bertz CT molecular complexity index is 521. The molecule has 0 saturated heterocycles. The molecular weight excluding hydrogens is 252 g/mol. The Morgan fingerprint density at radius 2 is 2.26 bits per heavy atom. The van der Waals surface area contributed by atoms with Gasteiger partial charge in [-0.15, -0.1) is 11.3 Å². The Labute approximate surface area is 118 Å². The van der Waals surface area contributed by atoms with Crippen LogP contribution in [0.15, 0.2) is 36.0 Å². The fourth-order valence-corrected chi connectivity index (χ4v) is 3.94. The second-order valence-electron chi connectivity index (χ2n) is 5.29. The van der Waals surface area contributed by atoms with Crippen LogP contribution in [0.3, 0.4) is 0 Å². The number of nitrogens with one attached hydrogen (secondary N) is 1. The van der Waals surface area contributed by atoms with Gasteiger partial charge in [0.15, 0.2) is 0 Å². The predicted molar refractivity (Wildman–Crippen MR) is 80.5 cm³/mol. The van der Waals surface area contributed by atoms with Gasteiger partial charge >= 0.3 is 0 Å². The first kappa shape index (κ1) is 12.8. The first-order chi connectivity index (χ1) is 9.38. The predicted octanol–water partition coefficient (Wildman–Crippen LogP) is 3.60. The smallest absolute Gasteiger partial charge is 0.0794 e. The lowest BCUT2D eigenvalue weighted by Gasteiger charge is -2.26. The van der Waals surface area contributed by atoms with Crippen molar-refractivity contribution >= 4 is 11.3 Å². The van der Waals surface area contributed by atoms with Crippen molar-refractivity contribution in [2.45, 2.75) is 31.7 Å². The van der Waals surface area contributed by atoms with Crippen molar-refractivity contribution in [2.75, 3.05) is 7.05 Å². The average molecular weight is 272 g/mol. The summed E-state index contributed by atoms with van der Waals surface area (Å²) in [5.74, 6) is 0.675. The van der Waals surface area contributed by atoms with Crippen molar-refractivity contribution in [2.24, 2.45) is 5.92 Å². The summed E-state index contributed by atoms with van der Waals surface area (Å²) < 4.78 is 0. The summed E-state index contributed by atoms with van der Waals surface area (Å²) in [6.07, 6.45) is 6.96. The van der Waals surface area contributed by atoms with E-state index < -0.39 is 0 Å². The molecule has 2 unspecified atom stereocenters. The van der Waals surface area contributed by atoms with Crippen LogP contribution < -0.4 is 5.32 Å². The van der Waals surface area contributed by atoms with Crippen LogP contribution in [-0.4, -0.2) is 12.0 Å². The third-order valence-electron chi connectivity index (χ3n) is 4.14. The molecule has 0 radical (unpaired) electrons. The van der Waals surface area contributed by atoms with Gasteiger partial charge in [-0.1, -0.05) is 24.3 Å². The van der Waals surface area contributed by atoms with Crippen molar-refractivity contribution in [3.63, 3.8) is 0 Å². The minimum Gasteiger partial charge on any atom is -0.313 e. The van der Waals surface area contributed by atoms with E-state index in [-0.39, 0.29) is 0 Å². The van der Waals surface area contributed by atoms with Crippen LogP contribution in [0.4, 0.5) is 0 Å². The number of nitrogens with zero attached hydrogens (tertiary/aromatic N) is 1. The monoisotopic (exact) mass is 272 g/mol. The maximum atomic E-state index is 4.20. The minimum atomic E-state index is 0.473. The molecule has 0 spiro atoms. The number of hydrogen-bond donors (Lipinski definition) is 1. The summed E-state index contributed by atoms with van der Waals surface area (Å²) in [5.41, 5.74) is 4.96. The highest BCUT2D eigenvalue weighted by Crippen LogP contribution is 2.35. The highest BCUT2D eigenvalue weighted by molar-refractivity contribution is 7.09. The summed E-state index contributed by atoms with van der Waals surface area (Å²) in [4.78, 5) is 5.61. The lowest BCUT2D eigenvalue weighted by molar-refractivity contribution is 0.360. The number of thiazole rings is 1. The zero-order chi connectivity index (χ0) is 13.1. The Morgan fingerprint density at radius 1 is 1.37 bits per heavy atom. The highest BCUT2D eigenvalue weighted by atomic mass is 32.1. The first-order valence-corrected chi connectivity index (χ1v) is 7.89. The zero-order valence-electron chi connectivity index (χ0n) is 11.3. The Hall–Kier alpha value is -1.19. The Balaban J connectivity index is 1.88. The molecule has 1 N–H and O–H groups in total. The lowest BCUT2D eigenvalue weighted by atomic mass is 9.88. The maximum absolute atomic E-state index is 4.20. The van der Waals surface area contributed by atoms with E-state index in [2.05, 4.69) is 41.6 Å². The molecule has 100 valence electrons. The van der Waals surface area contributed by atoms with E-state index >= 15 is 0 Å². The molecule has 1 aliphatic rings. The van der Waals surface area contributed by atoms with Crippen molar-refractivity contribution in [3.8, 4) is 0 Å². The summed E-state index contributed by atoms with van der Waals surface area (Å²) in [7, 11) is 2.09. The number of aromatic nitrogens is 1. The van der Waals surface area contributed by atoms with Crippen LogP contribution in [0.2, 0.25) is 0 Å². The molecule has 1 heterocycles. The van der Waals surface area contributed by atoms with Gasteiger partial charge in [0.05, 0.1) is 5.51 Å². The quantitative estimate of drug-likeness (QED) is 0.864. The van der Waals surface area contributed by atoms with E-state index in [0.29, 0.717) is 12.0 Å². The molecular formula is C16H20N2S. The fraction of sp³-hybridized carbons (Fsp3) is 0.438. The van der Waals surface area contributed by atoms with Gasteiger partial charge in [0.2, 0.25) is 0 Å². The van der Waals surface area contributed by atoms with Crippen LogP contribution >= 0.6 is 11.3 Å². The van der Waals surface area contributed by atoms with E-state index in [1.54, 1.807) is 11.3 Å². The molecule has 2 atom stereocenters. The first-order valence-electron chi connectivity index (χ1n) is 7.01. The van der Waals surface area contributed by atoms with E-state index in [4.69, 9.17) is 0 Å². The van der Waals surface area contributed by atoms with Gasteiger partial charge in [-0.05, 0) is 49.8 Å². The molecule has 0 saturated carbocycles. The third kappa shape index (κ3) is 2.72. The molecule has 3 heteroatoms. The number of benzene rings is 1. The third-order valence-corrected chi connectivity index (χ3v) is 4.94. The summed E-state index contributed by atoms with van der Waals surface area (Å²) in [6, 6.07) is 9.38. The molecule has 0 fully saturated rings. The van der Waals surface area contributed by atoms with E-state index in [0.717, 1.165) is 6.42 Å². The largest absolute Gasteiger partial charge is 0.313 e. The van der Waals surface area contributed by atoms with Gasteiger partial charge in [-0.2, -0.15) is 0 Å². The van der Waals surface area contributed by atoms with E-state index in [9.17, 15) is 0 Å². The summed E-state index contributed by atoms with van der Waals surface area (Å²) >= 11 is 1.78. The van der Waals surface area contributed by atoms with Crippen molar-refractivity contribution in [1.82, 2.24) is 10.3 Å². The molecule has 2 aromatic rings. The molecule has 19 heavy (non-hydrogen) atoms. The van der Waals surface area contributed by atoms with Crippen LogP contribution in [0, 0.1) is 5.92 Å². The maximum Gasteiger partial charge on any atom is 0.0794 e. The highest BCUT2D eigenvalue weighted by Gasteiger charge is 2.26. The van der Waals surface area contributed by atoms with Gasteiger partial charge in [0.25, 0.3) is 0 Å². The molecule has 0 bridgehead atoms. The zero-order valence-corrected chi connectivity index (χ0v) is 12.1. The molecule has 1 aromatic carbocycles. The lowest BCUT2D eigenvalue weighted by Crippen LogP contribution is -2.26. The standard InChI is InChI=1S/C16H20N2S/c1-17-16-13(9-14-10-18-11-19-14)7-4-6-12-5-2-3-8-15(12)16/h2-3,5,8,10-11,13,16-17H,4,6-7,9H2,1H3. The minimum absolute atomic E-state index is 0.473. The van der Waals surface area contributed by atoms with Crippen LogP contribution in [0.25, 0.3) is 0 Å². The summed E-state index contributed by atoms with van der Waals surface area (Å²) in [5, 5.41) is 3.55. The second kappa shape index (κ2) is 5.85. The normalized spacial score (nSPS) is 22.8. The molecule has 3 rings (SSSR count). The molecule has 1 aromatic heterocycles. The number of hydrogen-bond acceptors (Lipinski definition) is 3. The Morgan fingerprint density at radius 3 is 3.05 bits per heavy atom. The van der Waals surface area contributed by atoms with Crippen molar-refractivity contribution < 1.29 is 0 Å². The Kier molecular flexibility index (Phi) is 3.95. The van der Waals surface area contributed by atoms with Gasteiger partial charge in [-0.25, -0.2) is 0 Å². The SMILES string of the molecule is CNC1c2ccccc2CCCC1Cc1cncs1. The molecule has 2 nitrogen and oxygen atoms in total. The number of rotatable bonds is 3. The van der Waals surface area contributed by atoms with Crippen molar-refractivity contribution in [1.29, 1.82) is 0 Å². The van der Waals surface area contributed by atoms with E-state index in [1.165, 1.54) is 35.3 Å². The van der Waals surface area contributed by atoms with Gasteiger partial charge in [0.1, 0.15) is 0 Å². The fourth-order valence-electron chi connectivity index (χ4n) is 3.25. The van der Waals surface area contributed by atoms with Gasteiger partial charge in [-0.3, -0.25) is 4.98 Å². The number of fused-ring (bicyclic) bond motifs is 1. The van der Waals surface area contributed by atoms with Crippen LogP contribution in [-0.2, 0) is 12.8 Å². The number of aryl methyl sites for hydroxylation is 1. The van der Waals surface area contributed by atoms with Crippen LogP contribution in [0.1, 0.15) is 34.9 Å². The van der Waals surface area contributed by atoms with E-state index in [1.807, 2.05) is 11.7 Å². The average Bonchev–Trinajstić information content (AvgIpc) is 2.87. The molecule has 0 amide bonds. The van der Waals surface area contributed by atoms with Gasteiger partial charge < -0.3 is 5.32 Å². The summed E-state index contributed by atoms with van der Waals surface area (Å²) in [6.45, 7) is 0. The topological polar surface area (TPSA) is 24.9 Å². The van der Waals surface area contributed by atoms with Crippen LogP contribution in [0.5, 0.6) is 0 Å². The second-order valence-corrected chi connectivity index (χ2v) is 6.26.